The SMILES string of the molecule is CCCNC(CCCC(C)C)c1sc(C)nc1C. The topological polar surface area (TPSA) is 24.9 Å². The predicted octanol–water partition coefficient (Wildman–Crippen LogP) is 4.63. The van der Waals surface area contributed by atoms with Crippen LogP contribution in [0.3, 0.4) is 0 Å². The lowest BCUT2D eigenvalue weighted by Gasteiger charge is -2.18. The second-order valence-corrected chi connectivity index (χ2v) is 6.75. The maximum atomic E-state index is 4.56. The summed E-state index contributed by atoms with van der Waals surface area (Å²) in [4.78, 5) is 6.01. The molecule has 0 fully saturated rings. The van der Waals surface area contributed by atoms with Crippen molar-refractivity contribution in [2.24, 2.45) is 5.92 Å². The molecule has 3 heteroatoms. The van der Waals surface area contributed by atoms with Crippen LogP contribution in [-0.4, -0.2) is 11.5 Å². The van der Waals surface area contributed by atoms with Crippen molar-refractivity contribution in [1.82, 2.24) is 10.3 Å². The Morgan fingerprint density at radius 1 is 1.22 bits per heavy atom. The van der Waals surface area contributed by atoms with E-state index in [4.69, 9.17) is 0 Å². The van der Waals surface area contributed by atoms with Crippen LogP contribution in [-0.2, 0) is 0 Å². The summed E-state index contributed by atoms with van der Waals surface area (Å²) in [6.07, 6.45) is 5.05. The van der Waals surface area contributed by atoms with E-state index in [1.54, 1.807) is 0 Å². The third kappa shape index (κ3) is 5.07. The van der Waals surface area contributed by atoms with Crippen molar-refractivity contribution in [2.75, 3.05) is 6.54 Å². The highest BCUT2D eigenvalue weighted by molar-refractivity contribution is 7.11. The molecule has 1 aromatic heterocycles. The molecule has 0 aliphatic heterocycles. The minimum absolute atomic E-state index is 0.509. The van der Waals surface area contributed by atoms with Gasteiger partial charge in [-0.3, -0.25) is 0 Å². The monoisotopic (exact) mass is 268 g/mol. The number of nitrogens with one attached hydrogen (secondary N) is 1. The Labute approximate surface area is 116 Å². The molecule has 0 radical (unpaired) electrons. The molecule has 0 aromatic carbocycles. The van der Waals surface area contributed by atoms with E-state index in [9.17, 15) is 0 Å². The van der Waals surface area contributed by atoms with Crippen molar-refractivity contribution >= 4 is 11.3 Å². The maximum Gasteiger partial charge on any atom is 0.0900 e. The summed E-state index contributed by atoms with van der Waals surface area (Å²) in [6, 6.07) is 0.509. The van der Waals surface area contributed by atoms with Crippen LogP contribution in [0.2, 0.25) is 0 Å². The van der Waals surface area contributed by atoms with Crippen LogP contribution in [0.15, 0.2) is 0 Å². The summed E-state index contributed by atoms with van der Waals surface area (Å²) in [7, 11) is 0. The summed E-state index contributed by atoms with van der Waals surface area (Å²) in [6.45, 7) is 12.2. The largest absolute Gasteiger partial charge is 0.309 e. The van der Waals surface area contributed by atoms with E-state index in [2.05, 4.69) is 44.9 Å². The molecule has 0 aliphatic carbocycles. The van der Waals surface area contributed by atoms with E-state index in [0.717, 1.165) is 12.5 Å². The zero-order chi connectivity index (χ0) is 13.5. The van der Waals surface area contributed by atoms with Gasteiger partial charge in [0.05, 0.1) is 10.7 Å². The molecule has 1 aromatic rings. The summed E-state index contributed by atoms with van der Waals surface area (Å²) < 4.78 is 0. The first-order valence-corrected chi connectivity index (χ1v) is 8.03. The summed E-state index contributed by atoms with van der Waals surface area (Å²) >= 11 is 1.86. The molecular weight excluding hydrogens is 240 g/mol. The predicted molar refractivity (Wildman–Crippen MR) is 81.3 cm³/mol. The van der Waals surface area contributed by atoms with Gasteiger partial charge in [-0.1, -0.05) is 33.6 Å². The number of thiazole rings is 1. The zero-order valence-corrected chi connectivity index (χ0v) is 13.4. The highest BCUT2D eigenvalue weighted by atomic mass is 32.1. The number of aryl methyl sites for hydroxylation is 2. The number of aromatic nitrogens is 1. The van der Waals surface area contributed by atoms with Crippen LogP contribution in [0.25, 0.3) is 0 Å². The number of nitrogens with zero attached hydrogens (tertiary/aromatic N) is 1. The number of hydrogen-bond acceptors (Lipinski definition) is 3. The molecule has 1 unspecified atom stereocenters. The van der Waals surface area contributed by atoms with Crippen LogP contribution in [0, 0.1) is 19.8 Å². The van der Waals surface area contributed by atoms with E-state index in [1.807, 2.05) is 11.3 Å². The van der Waals surface area contributed by atoms with Crippen LogP contribution in [0.4, 0.5) is 0 Å². The minimum Gasteiger partial charge on any atom is -0.309 e. The minimum atomic E-state index is 0.509. The number of rotatable bonds is 8. The maximum absolute atomic E-state index is 4.56. The molecule has 1 rings (SSSR count). The Morgan fingerprint density at radius 3 is 2.44 bits per heavy atom. The lowest BCUT2D eigenvalue weighted by Crippen LogP contribution is -2.22. The Morgan fingerprint density at radius 2 is 1.94 bits per heavy atom. The smallest absolute Gasteiger partial charge is 0.0900 e. The van der Waals surface area contributed by atoms with Gasteiger partial charge in [0.1, 0.15) is 0 Å². The quantitative estimate of drug-likeness (QED) is 0.743. The van der Waals surface area contributed by atoms with Crippen molar-refractivity contribution in [3.63, 3.8) is 0 Å². The fraction of sp³-hybridized carbons (Fsp3) is 0.800. The Balaban J connectivity index is 2.62. The van der Waals surface area contributed by atoms with Gasteiger partial charge in [-0.15, -0.1) is 11.3 Å². The molecule has 0 aliphatic rings. The van der Waals surface area contributed by atoms with Gasteiger partial charge in [-0.2, -0.15) is 0 Å². The van der Waals surface area contributed by atoms with E-state index in [0.29, 0.717) is 6.04 Å². The van der Waals surface area contributed by atoms with E-state index in [1.165, 1.54) is 41.3 Å². The van der Waals surface area contributed by atoms with Crippen molar-refractivity contribution in [3.05, 3.63) is 15.6 Å². The highest BCUT2D eigenvalue weighted by Gasteiger charge is 2.16. The molecule has 104 valence electrons. The summed E-state index contributed by atoms with van der Waals surface area (Å²) in [5.41, 5.74) is 1.22. The Hall–Kier alpha value is -0.410. The zero-order valence-electron chi connectivity index (χ0n) is 12.5. The van der Waals surface area contributed by atoms with Gasteiger partial charge in [-0.05, 0) is 39.2 Å². The van der Waals surface area contributed by atoms with Gasteiger partial charge in [0.25, 0.3) is 0 Å². The summed E-state index contributed by atoms with van der Waals surface area (Å²) in [5, 5.41) is 4.87. The molecule has 0 saturated carbocycles. The van der Waals surface area contributed by atoms with Crippen molar-refractivity contribution in [3.8, 4) is 0 Å². The third-order valence-electron chi connectivity index (χ3n) is 3.17. The normalized spacial score (nSPS) is 13.2. The summed E-state index contributed by atoms with van der Waals surface area (Å²) in [5.74, 6) is 0.807. The first kappa shape index (κ1) is 15.6. The van der Waals surface area contributed by atoms with Crippen molar-refractivity contribution < 1.29 is 0 Å². The molecule has 0 bridgehead atoms. The average molecular weight is 268 g/mol. The van der Waals surface area contributed by atoms with Crippen molar-refractivity contribution in [2.45, 2.75) is 66.3 Å². The fourth-order valence-electron chi connectivity index (χ4n) is 2.24. The molecular formula is C15H28N2S. The van der Waals surface area contributed by atoms with Crippen LogP contribution in [0.5, 0.6) is 0 Å². The average Bonchev–Trinajstić information content (AvgIpc) is 2.62. The van der Waals surface area contributed by atoms with E-state index >= 15 is 0 Å². The lowest BCUT2D eigenvalue weighted by molar-refractivity contribution is 0.450. The molecule has 0 saturated heterocycles. The van der Waals surface area contributed by atoms with Gasteiger partial charge >= 0.3 is 0 Å². The molecule has 2 nitrogen and oxygen atoms in total. The second kappa shape index (κ2) is 7.90. The van der Waals surface area contributed by atoms with Gasteiger partial charge in [0.2, 0.25) is 0 Å². The molecule has 0 amide bonds. The highest BCUT2D eigenvalue weighted by Crippen LogP contribution is 2.28. The second-order valence-electron chi connectivity index (χ2n) is 5.51. The van der Waals surface area contributed by atoms with E-state index < -0.39 is 0 Å². The Kier molecular flexibility index (Phi) is 6.87. The van der Waals surface area contributed by atoms with Crippen LogP contribution in [0.1, 0.15) is 68.1 Å². The third-order valence-corrected chi connectivity index (χ3v) is 4.36. The van der Waals surface area contributed by atoms with Gasteiger partial charge < -0.3 is 5.32 Å². The first-order chi connectivity index (χ1) is 8.54. The molecule has 1 N–H and O–H groups in total. The Bertz CT molecular complexity index is 344. The first-order valence-electron chi connectivity index (χ1n) is 7.21. The van der Waals surface area contributed by atoms with Crippen molar-refractivity contribution in [1.29, 1.82) is 0 Å². The van der Waals surface area contributed by atoms with Crippen LogP contribution >= 0.6 is 11.3 Å². The molecule has 1 heterocycles. The van der Waals surface area contributed by atoms with Gasteiger partial charge in [0, 0.05) is 10.9 Å². The van der Waals surface area contributed by atoms with Gasteiger partial charge in [-0.25, -0.2) is 4.98 Å². The van der Waals surface area contributed by atoms with Crippen LogP contribution < -0.4 is 5.32 Å². The van der Waals surface area contributed by atoms with E-state index in [-0.39, 0.29) is 0 Å². The molecule has 18 heavy (non-hydrogen) atoms. The van der Waals surface area contributed by atoms with Gasteiger partial charge in [0.15, 0.2) is 0 Å². The lowest BCUT2D eigenvalue weighted by atomic mass is 10.0. The molecule has 1 atom stereocenters. The standard InChI is InChI=1S/C15H28N2S/c1-6-10-16-14(9-7-8-11(2)3)15-12(4)17-13(5)18-15/h11,14,16H,6-10H2,1-5H3. The fourth-order valence-corrected chi connectivity index (χ4v) is 3.28. The molecule has 0 spiro atoms. The number of hydrogen-bond donors (Lipinski definition) is 1.